The van der Waals surface area contributed by atoms with Crippen molar-refractivity contribution in [1.82, 2.24) is 15.3 Å². The lowest BCUT2D eigenvalue weighted by molar-refractivity contribution is 0.195. The second kappa shape index (κ2) is 4.22. The van der Waals surface area contributed by atoms with Gasteiger partial charge in [-0.15, -0.1) is 0 Å². The van der Waals surface area contributed by atoms with Crippen LogP contribution in [0.3, 0.4) is 0 Å². The van der Waals surface area contributed by atoms with Gasteiger partial charge in [-0.1, -0.05) is 0 Å². The summed E-state index contributed by atoms with van der Waals surface area (Å²) in [6.07, 6.45) is 2.29. The zero-order valence-corrected chi connectivity index (χ0v) is 6.37. The Labute approximate surface area is 69.0 Å². The summed E-state index contributed by atoms with van der Waals surface area (Å²) in [6.45, 7) is 0.871. The first-order chi connectivity index (χ1) is 5.79. The predicted octanol–water partition coefficient (Wildman–Crippen LogP) is 0.0892. The number of nitrogens with one attached hydrogen (secondary N) is 3. The summed E-state index contributed by atoms with van der Waals surface area (Å²) in [6, 6.07) is 0. The highest BCUT2D eigenvalue weighted by Crippen LogP contribution is 1.91. The normalized spacial score (nSPS) is 9.33. The van der Waals surface area contributed by atoms with E-state index in [1.54, 1.807) is 12.4 Å². The van der Waals surface area contributed by atoms with Gasteiger partial charge in [0.15, 0.2) is 5.95 Å². The van der Waals surface area contributed by atoms with E-state index in [0.29, 0.717) is 19.0 Å². The average Bonchev–Trinajstić information content (AvgIpc) is 2.49. The van der Waals surface area contributed by atoms with Crippen LogP contribution in [0.1, 0.15) is 0 Å². The SMILES string of the molecule is O=C(O)NCCNc1ncc[nH]1. The van der Waals surface area contributed by atoms with E-state index in [9.17, 15) is 4.79 Å². The Bertz CT molecular complexity index is 234. The number of H-pyrrole nitrogens is 1. The van der Waals surface area contributed by atoms with Crippen LogP contribution in [-0.2, 0) is 0 Å². The van der Waals surface area contributed by atoms with E-state index in [1.807, 2.05) is 0 Å². The molecule has 1 aromatic heterocycles. The second-order valence-electron chi connectivity index (χ2n) is 2.10. The number of aromatic amines is 1. The van der Waals surface area contributed by atoms with E-state index in [1.165, 1.54) is 0 Å². The van der Waals surface area contributed by atoms with Crippen LogP contribution < -0.4 is 10.6 Å². The molecule has 0 spiro atoms. The van der Waals surface area contributed by atoms with E-state index in [4.69, 9.17) is 5.11 Å². The van der Waals surface area contributed by atoms with Gasteiger partial charge < -0.3 is 20.7 Å². The molecule has 12 heavy (non-hydrogen) atoms. The molecule has 6 nitrogen and oxygen atoms in total. The quantitative estimate of drug-likeness (QED) is 0.482. The third kappa shape index (κ3) is 2.91. The van der Waals surface area contributed by atoms with Gasteiger partial charge in [-0.25, -0.2) is 9.78 Å². The van der Waals surface area contributed by atoms with Gasteiger partial charge in [-0.2, -0.15) is 0 Å². The summed E-state index contributed by atoms with van der Waals surface area (Å²) in [5.41, 5.74) is 0. The maximum absolute atomic E-state index is 10.00. The van der Waals surface area contributed by atoms with Crippen molar-refractivity contribution in [3.05, 3.63) is 12.4 Å². The fourth-order valence-corrected chi connectivity index (χ4v) is 0.712. The average molecular weight is 170 g/mol. The molecule has 0 saturated heterocycles. The van der Waals surface area contributed by atoms with Gasteiger partial charge in [-0.3, -0.25) is 0 Å². The largest absolute Gasteiger partial charge is 0.465 e. The molecule has 0 atom stereocenters. The number of aromatic nitrogens is 2. The minimum absolute atomic E-state index is 0.357. The first kappa shape index (κ1) is 8.38. The van der Waals surface area contributed by atoms with Crippen LogP contribution >= 0.6 is 0 Å². The standard InChI is InChI=1S/C6H10N4O2/c11-6(12)10-4-3-9-5-7-1-2-8-5/h1-2,10H,3-4H2,(H,11,12)(H2,7,8,9). The highest BCUT2D eigenvalue weighted by molar-refractivity contribution is 5.64. The number of nitrogens with zero attached hydrogens (tertiary/aromatic N) is 1. The highest BCUT2D eigenvalue weighted by Gasteiger charge is 1.93. The molecule has 1 amide bonds. The fourth-order valence-electron chi connectivity index (χ4n) is 0.712. The summed E-state index contributed by atoms with van der Waals surface area (Å²) in [5.74, 6) is 0.641. The zero-order chi connectivity index (χ0) is 8.81. The van der Waals surface area contributed by atoms with Crippen LogP contribution in [0.25, 0.3) is 0 Å². The van der Waals surface area contributed by atoms with Crippen molar-refractivity contribution in [2.75, 3.05) is 18.4 Å². The third-order valence-electron chi connectivity index (χ3n) is 1.19. The summed E-state index contributed by atoms with van der Waals surface area (Å²) in [4.78, 5) is 16.7. The van der Waals surface area contributed by atoms with Gasteiger partial charge in [-0.05, 0) is 0 Å². The minimum Gasteiger partial charge on any atom is -0.465 e. The Hall–Kier alpha value is -1.72. The molecule has 0 saturated carbocycles. The number of anilines is 1. The van der Waals surface area contributed by atoms with Crippen molar-refractivity contribution < 1.29 is 9.90 Å². The lowest BCUT2D eigenvalue weighted by Crippen LogP contribution is -2.27. The number of carbonyl (C=O) groups is 1. The van der Waals surface area contributed by atoms with Gasteiger partial charge in [0.2, 0.25) is 0 Å². The number of imidazole rings is 1. The lowest BCUT2D eigenvalue weighted by atomic mass is 10.6. The third-order valence-corrected chi connectivity index (χ3v) is 1.19. The van der Waals surface area contributed by atoms with E-state index < -0.39 is 6.09 Å². The summed E-state index contributed by atoms with van der Waals surface area (Å²) in [7, 11) is 0. The first-order valence-electron chi connectivity index (χ1n) is 3.49. The van der Waals surface area contributed by atoms with Crippen LogP contribution in [0.15, 0.2) is 12.4 Å². The summed E-state index contributed by atoms with van der Waals surface area (Å²) < 4.78 is 0. The van der Waals surface area contributed by atoms with Crippen molar-refractivity contribution >= 4 is 12.0 Å². The van der Waals surface area contributed by atoms with Crippen LogP contribution in [-0.4, -0.2) is 34.3 Å². The summed E-state index contributed by atoms with van der Waals surface area (Å²) in [5, 5.41) is 13.3. The molecule has 0 bridgehead atoms. The van der Waals surface area contributed by atoms with Crippen molar-refractivity contribution in [2.24, 2.45) is 0 Å². The molecule has 1 heterocycles. The molecule has 66 valence electrons. The predicted molar refractivity (Wildman–Crippen MR) is 43.1 cm³/mol. The van der Waals surface area contributed by atoms with Gasteiger partial charge in [0.05, 0.1) is 0 Å². The molecule has 6 heteroatoms. The molecule has 0 unspecified atom stereocenters. The Balaban J connectivity index is 2.07. The number of hydrogen-bond acceptors (Lipinski definition) is 3. The van der Waals surface area contributed by atoms with Crippen molar-refractivity contribution in [2.45, 2.75) is 0 Å². The van der Waals surface area contributed by atoms with Gasteiger partial charge in [0.25, 0.3) is 0 Å². The van der Waals surface area contributed by atoms with E-state index in [-0.39, 0.29) is 0 Å². The Morgan fingerprint density at radius 2 is 2.50 bits per heavy atom. The Morgan fingerprint density at radius 1 is 1.67 bits per heavy atom. The van der Waals surface area contributed by atoms with E-state index >= 15 is 0 Å². The number of rotatable bonds is 4. The van der Waals surface area contributed by atoms with Crippen LogP contribution in [0.2, 0.25) is 0 Å². The maximum Gasteiger partial charge on any atom is 0.404 e. The zero-order valence-electron chi connectivity index (χ0n) is 6.37. The van der Waals surface area contributed by atoms with Crippen molar-refractivity contribution in [1.29, 1.82) is 0 Å². The number of amides is 1. The maximum atomic E-state index is 10.00. The molecule has 0 aliphatic rings. The topological polar surface area (TPSA) is 90.0 Å². The number of carboxylic acid groups (broad SMARTS) is 1. The van der Waals surface area contributed by atoms with Gasteiger partial charge in [0, 0.05) is 25.5 Å². The van der Waals surface area contributed by atoms with Crippen molar-refractivity contribution in [3.8, 4) is 0 Å². The van der Waals surface area contributed by atoms with Crippen LogP contribution in [0.5, 0.6) is 0 Å². The second-order valence-corrected chi connectivity index (χ2v) is 2.10. The van der Waals surface area contributed by atoms with E-state index in [2.05, 4.69) is 20.6 Å². The molecule has 0 aliphatic carbocycles. The van der Waals surface area contributed by atoms with E-state index in [0.717, 1.165) is 0 Å². The molecule has 0 fully saturated rings. The molecule has 4 N–H and O–H groups in total. The molecule has 1 aromatic rings. The van der Waals surface area contributed by atoms with Crippen LogP contribution in [0.4, 0.5) is 10.7 Å². The summed E-state index contributed by atoms with van der Waals surface area (Å²) >= 11 is 0. The van der Waals surface area contributed by atoms with Crippen LogP contribution in [0, 0.1) is 0 Å². The molecule has 0 aliphatic heterocycles. The minimum atomic E-state index is -1.02. The first-order valence-corrected chi connectivity index (χ1v) is 3.49. The lowest BCUT2D eigenvalue weighted by Gasteiger charge is -2.01. The molecule has 0 aromatic carbocycles. The fraction of sp³-hybridized carbons (Fsp3) is 0.333. The van der Waals surface area contributed by atoms with Gasteiger partial charge >= 0.3 is 6.09 Å². The Morgan fingerprint density at radius 3 is 3.08 bits per heavy atom. The van der Waals surface area contributed by atoms with Crippen molar-refractivity contribution in [3.63, 3.8) is 0 Å². The highest BCUT2D eigenvalue weighted by atomic mass is 16.4. The smallest absolute Gasteiger partial charge is 0.404 e. The van der Waals surface area contributed by atoms with Gasteiger partial charge in [0.1, 0.15) is 0 Å². The molecular formula is C6H10N4O2. The molecule has 1 rings (SSSR count). The monoisotopic (exact) mass is 170 g/mol. The molecular weight excluding hydrogens is 160 g/mol. The molecule has 0 radical (unpaired) electrons. The Kier molecular flexibility index (Phi) is 2.95. The number of hydrogen-bond donors (Lipinski definition) is 4.